The predicted molar refractivity (Wildman–Crippen MR) is 104 cm³/mol. The van der Waals surface area contributed by atoms with E-state index in [-0.39, 0.29) is 17.5 Å². The summed E-state index contributed by atoms with van der Waals surface area (Å²) in [5, 5.41) is 8.12. The zero-order valence-electron chi connectivity index (χ0n) is 14.8. The Morgan fingerprint density at radius 3 is 2.82 bits per heavy atom. The van der Waals surface area contributed by atoms with Crippen molar-refractivity contribution in [2.75, 3.05) is 5.32 Å². The summed E-state index contributed by atoms with van der Waals surface area (Å²) >= 11 is 6.13. The summed E-state index contributed by atoms with van der Waals surface area (Å²) in [4.78, 5) is 17.5. The van der Waals surface area contributed by atoms with E-state index in [0.29, 0.717) is 34.9 Å². The van der Waals surface area contributed by atoms with Crippen molar-refractivity contribution < 1.29 is 9.18 Å². The van der Waals surface area contributed by atoms with Crippen LogP contribution in [0.15, 0.2) is 66.1 Å². The second-order valence-electron chi connectivity index (χ2n) is 7.05. The maximum atomic E-state index is 14.6. The first-order valence-electron chi connectivity index (χ1n) is 9.04. The van der Waals surface area contributed by atoms with Gasteiger partial charge in [-0.15, -0.1) is 0 Å². The van der Waals surface area contributed by atoms with Crippen LogP contribution in [0.2, 0.25) is 5.02 Å². The Kier molecular flexibility index (Phi) is 4.02. The Morgan fingerprint density at radius 2 is 2.00 bits per heavy atom. The first kappa shape index (κ1) is 17.1. The number of Topliss-reactive ketones (excluding diaryl/α,β-unsaturated/α-hetero) is 1. The third-order valence-electron chi connectivity index (χ3n) is 5.38. The Balaban J connectivity index is 1.62. The molecule has 0 amide bonds. The first-order valence-corrected chi connectivity index (χ1v) is 9.42. The number of ketones is 1. The number of aromatic nitrogens is 3. The van der Waals surface area contributed by atoms with E-state index in [1.807, 2.05) is 24.3 Å². The Bertz CT molecular complexity index is 1120. The van der Waals surface area contributed by atoms with Gasteiger partial charge in [-0.3, -0.25) is 4.79 Å². The van der Waals surface area contributed by atoms with Gasteiger partial charge in [0.1, 0.15) is 18.2 Å². The minimum Gasteiger partial charge on any atom is -0.328 e. The Morgan fingerprint density at radius 1 is 1.14 bits per heavy atom. The molecule has 0 spiro atoms. The highest BCUT2D eigenvalue weighted by Gasteiger charge is 2.40. The van der Waals surface area contributed by atoms with Gasteiger partial charge in [0.2, 0.25) is 5.95 Å². The minimum absolute atomic E-state index is 0.00758. The second kappa shape index (κ2) is 6.56. The molecule has 7 heteroatoms. The van der Waals surface area contributed by atoms with Crippen molar-refractivity contribution in [2.24, 2.45) is 0 Å². The Labute approximate surface area is 165 Å². The van der Waals surface area contributed by atoms with Crippen LogP contribution in [0.3, 0.4) is 0 Å². The van der Waals surface area contributed by atoms with Gasteiger partial charge in [-0.2, -0.15) is 10.1 Å². The van der Waals surface area contributed by atoms with E-state index in [1.165, 1.54) is 12.4 Å². The molecular weight excluding hydrogens is 379 g/mol. The highest BCUT2D eigenvalue weighted by Crippen LogP contribution is 2.44. The van der Waals surface area contributed by atoms with E-state index < -0.39 is 6.04 Å². The standard InChI is InChI=1S/C21H16ClFN4O/c22-14-5-3-4-12(8-14)13-9-17-19(18(28)10-13)20(15-6-1-2-7-16(15)23)27-21(26-17)24-11-25-27/h1-8,11,13,20H,9-10H2,(H,24,25,26)/t13-,20+/m0/s1. The van der Waals surface area contributed by atoms with E-state index in [2.05, 4.69) is 15.4 Å². The molecule has 2 aliphatic rings. The topological polar surface area (TPSA) is 59.8 Å². The number of hydrogen-bond donors (Lipinski definition) is 1. The van der Waals surface area contributed by atoms with Crippen LogP contribution in [0.25, 0.3) is 0 Å². The fraction of sp³-hybridized carbons (Fsp3) is 0.190. The van der Waals surface area contributed by atoms with Gasteiger partial charge in [-0.1, -0.05) is 41.9 Å². The summed E-state index contributed by atoms with van der Waals surface area (Å²) in [5.74, 6) is 0.125. The number of halogens is 2. The van der Waals surface area contributed by atoms with Crippen LogP contribution in [0.1, 0.15) is 35.9 Å². The molecule has 140 valence electrons. The lowest BCUT2D eigenvalue weighted by Gasteiger charge is -2.35. The number of hydrogen-bond acceptors (Lipinski definition) is 4. The molecule has 3 aromatic rings. The number of carbonyl (C=O) groups is 1. The number of allylic oxidation sites excluding steroid dienone is 2. The van der Waals surface area contributed by atoms with Gasteiger partial charge in [0, 0.05) is 28.3 Å². The van der Waals surface area contributed by atoms with Gasteiger partial charge in [-0.25, -0.2) is 9.07 Å². The number of fused-ring (bicyclic) bond motifs is 1. The average molecular weight is 395 g/mol. The molecule has 0 saturated carbocycles. The highest BCUT2D eigenvalue weighted by molar-refractivity contribution is 6.30. The zero-order chi connectivity index (χ0) is 19.3. The molecule has 1 aliphatic heterocycles. The molecule has 0 bridgehead atoms. The number of rotatable bonds is 2. The molecule has 2 atom stereocenters. The Hall–Kier alpha value is -2.99. The molecule has 1 aromatic heterocycles. The molecule has 0 unspecified atom stereocenters. The molecular formula is C21H16ClFN4O. The lowest BCUT2D eigenvalue weighted by atomic mass is 9.78. The normalized spacial score (nSPS) is 21.1. The molecule has 0 radical (unpaired) electrons. The van der Waals surface area contributed by atoms with Crippen molar-refractivity contribution in [2.45, 2.75) is 24.8 Å². The van der Waals surface area contributed by atoms with E-state index in [0.717, 1.165) is 11.3 Å². The SMILES string of the molecule is O=C1C[C@@H](c2cccc(Cl)c2)CC2=C1[C@@H](c1ccccc1F)n1ncnc1N2. The van der Waals surface area contributed by atoms with Crippen molar-refractivity contribution in [1.82, 2.24) is 14.8 Å². The van der Waals surface area contributed by atoms with Crippen LogP contribution in [0.5, 0.6) is 0 Å². The van der Waals surface area contributed by atoms with Crippen LogP contribution in [-0.2, 0) is 4.79 Å². The number of benzene rings is 2. The highest BCUT2D eigenvalue weighted by atomic mass is 35.5. The molecule has 0 saturated heterocycles. The van der Waals surface area contributed by atoms with E-state index in [4.69, 9.17) is 11.6 Å². The van der Waals surface area contributed by atoms with Crippen molar-refractivity contribution in [3.63, 3.8) is 0 Å². The van der Waals surface area contributed by atoms with Crippen LogP contribution in [-0.4, -0.2) is 20.5 Å². The quantitative estimate of drug-likeness (QED) is 0.695. The second-order valence-corrected chi connectivity index (χ2v) is 7.49. The molecule has 2 heterocycles. The van der Waals surface area contributed by atoms with Gasteiger partial charge < -0.3 is 5.32 Å². The molecule has 28 heavy (non-hydrogen) atoms. The molecule has 5 nitrogen and oxygen atoms in total. The number of nitrogens with zero attached hydrogens (tertiary/aromatic N) is 3. The number of carbonyl (C=O) groups excluding carboxylic acids is 1. The lowest BCUT2D eigenvalue weighted by Crippen LogP contribution is -2.34. The van der Waals surface area contributed by atoms with Crippen LogP contribution >= 0.6 is 11.6 Å². The fourth-order valence-corrected chi connectivity index (χ4v) is 4.33. The van der Waals surface area contributed by atoms with Crippen LogP contribution in [0, 0.1) is 5.82 Å². The minimum atomic E-state index is -0.622. The van der Waals surface area contributed by atoms with Crippen molar-refractivity contribution in [3.05, 3.63) is 88.1 Å². The third-order valence-corrected chi connectivity index (χ3v) is 5.62. The summed E-state index contributed by atoms with van der Waals surface area (Å²) in [6.45, 7) is 0. The van der Waals surface area contributed by atoms with Gasteiger partial charge in [-0.05, 0) is 36.1 Å². The molecule has 5 rings (SSSR count). The van der Waals surface area contributed by atoms with Crippen molar-refractivity contribution in [3.8, 4) is 0 Å². The maximum Gasteiger partial charge on any atom is 0.226 e. The molecule has 1 N–H and O–H groups in total. The smallest absolute Gasteiger partial charge is 0.226 e. The first-order chi connectivity index (χ1) is 13.6. The summed E-state index contributed by atoms with van der Waals surface area (Å²) in [5.41, 5.74) is 2.76. The summed E-state index contributed by atoms with van der Waals surface area (Å²) in [7, 11) is 0. The van der Waals surface area contributed by atoms with E-state index >= 15 is 0 Å². The lowest BCUT2D eigenvalue weighted by molar-refractivity contribution is -0.116. The van der Waals surface area contributed by atoms with Gasteiger partial charge in [0.25, 0.3) is 0 Å². The number of nitrogens with one attached hydrogen (secondary N) is 1. The maximum absolute atomic E-state index is 14.6. The van der Waals surface area contributed by atoms with Crippen molar-refractivity contribution >= 4 is 23.3 Å². The number of anilines is 1. The summed E-state index contributed by atoms with van der Waals surface area (Å²) in [6, 6.07) is 13.4. The molecule has 0 fully saturated rings. The van der Waals surface area contributed by atoms with E-state index in [1.54, 1.807) is 22.9 Å². The monoisotopic (exact) mass is 394 g/mol. The van der Waals surface area contributed by atoms with Crippen molar-refractivity contribution in [1.29, 1.82) is 0 Å². The van der Waals surface area contributed by atoms with Gasteiger partial charge >= 0.3 is 0 Å². The van der Waals surface area contributed by atoms with Crippen LogP contribution in [0.4, 0.5) is 10.3 Å². The fourth-order valence-electron chi connectivity index (χ4n) is 4.13. The third kappa shape index (κ3) is 2.72. The van der Waals surface area contributed by atoms with Gasteiger partial charge in [0.05, 0.1) is 0 Å². The largest absolute Gasteiger partial charge is 0.328 e. The van der Waals surface area contributed by atoms with Crippen LogP contribution < -0.4 is 5.32 Å². The molecule has 2 aromatic carbocycles. The average Bonchev–Trinajstić information content (AvgIpc) is 3.15. The zero-order valence-corrected chi connectivity index (χ0v) is 15.5. The molecule has 1 aliphatic carbocycles. The summed E-state index contributed by atoms with van der Waals surface area (Å²) in [6.07, 6.45) is 2.38. The van der Waals surface area contributed by atoms with Gasteiger partial charge in [0.15, 0.2) is 5.78 Å². The summed E-state index contributed by atoms with van der Waals surface area (Å²) < 4.78 is 16.2. The van der Waals surface area contributed by atoms with E-state index in [9.17, 15) is 9.18 Å². The predicted octanol–water partition coefficient (Wildman–Crippen LogP) is 4.49.